The number of rotatable bonds is 20. The van der Waals surface area contributed by atoms with E-state index in [2.05, 4.69) is 492 Å². The lowest BCUT2D eigenvalue weighted by molar-refractivity contribution is 0.481. The number of para-hydroxylation sites is 2. The van der Waals surface area contributed by atoms with Crippen LogP contribution >= 0.6 is 0 Å². The zero-order valence-corrected chi connectivity index (χ0v) is 85.3. The van der Waals surface area contributed by atoms with Crippen molar-refractivity contribution in [2.45, 2.75) is 249 Å². The molecule has 0 spiro atoms. The summed E-state index contributed by atoms with van der Waals surface area (Å²) in [5.41, 5.74) is 11.7. The highest BCUT2D eigenvalue weighted by molar-refractivity contribution is 7.98. The van der Waals surface area contributed by atoms with Crippen LogP contribution in [0.2, 0.25) is 0 Å². The van der Waals surface area contributed by atoms with Crippen molar-refractivity contribution in [3.05, 3.63) is 457 Å². The molecule has 0 heterocycles. The van der Waals surface area contributed by atoms with Gasteiger partial charge in [-0.1, -0.05) is 321 Å². The maximum Gasteiger partial charge on any atom is 0.166 e. The SMILES string of the molecule is CC(C)(C)c1ccc(Oc2ccc([S+](c3ccc(C(C)(C)C)cc3)c3ccc(C(C)(C)C)cc3)cc2)cc1.CC(C)(C)c1ccc([S+](c2ccc(Oc3ccccc3)cc2)c2ccc(C(C)(C)C)cc2)cc1.CC(C)(C)c1ccc([S+](c2ccccc2)c2ccc(Oc3ccccc3)cc2)cc1.Cc1ccc(Oc2ccc([S+](c3ccccc3)c3ccc(C(C)(C)C)cc3)cc2)cc1. The predicted octanol–water partition coefficient (Wildman–Crippen LogP) is 35.7. The molecule has 8 heteroatoms. The van der Waals surface area contributed by atoms with E-state index in [9.17, 15) is 0 Å². The molecule has 0 aromatic heterocycles. The van der Waals surface area contributed by atoms with Crippen LogP contribution in [0.5, 0.6) is 46.0 Å². The molecule has 4 nitrogen and oxygen atoms in total. The van der Waals surface area contributed by atoms with Crippen molar-refractivity contribution in [1.29, 1.82) is 0 Å². The minimum atomic E-state index is -0.208. The molecule has 0 aliphatic rings. The van der Waals surface area contributed by atoms with E-state index in [0.717, 1.165) is 46.0 Å². The molecule has 0 saturated carbocycles. The highest BCUT2D eigenvalue weighted by atomic mass is 32.2. The van der Waals surface area contributed by atoms with Crippen molar-refractivity contribution in [2.24, 2.45) is 0 Å². The first-order valence-corrected chi connectivity index (χ1v) is 51.2. The van der Waals surface area contributed by atoms with Gasteiger partial charge in [0, 0.05) is 0 Å². The largest absolute Gasteiger partial charge is 0.457 e. The van der Waals surface area contributed by atoms with Crippen LogP contribution in [0.3, 0.4) is 0 Å². The summed E-state index contributed by atoms with van der Waals surface area (Å²) < 4.78 is 24.3. The maximum atomic E-state index is 6.20. The molecule has 16 aromatic rings. The second-order valence-corrected chi connectivity index (χ2v) is 49.1. The van der Waals surface area contributed by atoms with Gasteiger partial charge in [-0.2, -0.15) is 0 Å². The minimum Gasteiger partial charge on any atom is -0.457 e. The summed E-state index contributed by atoms with van der Waals surface area (Å²) in [6.45, 7) is 49.5. The highest BCUT2D eigenvalue weighted by Crippen LogP contribution is 2.42. The van der Waals surface area contributed by atoms with Crippen molar-refractivity contribution >= 4 is 43.6 Å². The van der Waals surface area contributed by atoms with Gasteiger partial charge in [-0.25, -0.2) is 0 Å². The van der Waals surface area contributed by atoms with Gasteiger partial charge >= 0.3 is 0 Å². The van der Waals surface area contributed by atoms with E-state index in [1.807, 2.05) is 72.8 Å². The van der Waals surface area contributed by atoms with Crippen LogP contribution in [0.15, 0.2) is 471 Å². The molecule has 133 heavy (non-hydrogen) atoms. The lowest BCUT2D eigenvalue weighted by Gasteiger charge is -2.20. The van der Waals surface area contributed by atoms with Crippen molar-refractivity contribution < 1.29 is 18.9 Å². The summed E-state index contributed by atoms with van der Waals surface area (Å²) in [5, 5.41) is 0. The second kappa shape index (κ2) is 43.4. The monoisotopic (exact) mass is 1830 g/mol. The molecule has 0 N–H and O–H groups in total. The van der Waals surface area contributed by atoms with Gasteiger partial charge in [0.05, 0.1) is 43.6 Å². The van der Waals surface area contributed by atoms with Crippen molar-refractivity contribution in [1.82, 2.24) is 0 Å². The van der Waals surface area contributed by atoms with Crippen LogP contribution in [0, 0.1) is 6.92 Å². The first-order chi connectivity index (χ1) is 63.2. The van der Waals surface area contributed by atoms with Crippen molar-refractivity contribution in [3.63, 3.8) is 0 Å². The van der Waals surface area contributed by atoms with E-state index in [1.165, 1.54) is 103 Å². The quantitative estimate of drug-likeness (QED) is 0.0713. The Kier molecular flexibility index (Phi) is 32.2. The number of ether oxygens (including phenoxy) is 4. The Hall–Kier alpha value is -11.9. The third kappa shape index (κ3) is 27.7. The van der Waals surface area contributed by atoms with Gasteiger partial charge in [0.15, 0.2) is 58.7 Å². The summed E-state index contributed by atoms with van der Waals surface area (Å²) in [4.78, 5) is 15.7. The molecule has 16 rings (SSSR count). The summed E-state index contributed by atoms with van der Waals surface area (Å²) in [5.74, 6) is 6.84. The van der Waals surface area contributed by atoms with E-state index in [4.69, 9.17) is 18.9 Å². The average molecular weight is 1830 g/mol. The minimum absolute atomic E-state index is 0.131. The van der Waals surface area contributed by atoms with Gasteiger partial charge in [-0.15, -0.1) is 0 Å². The number of aryl methyl sites for hydroxylation is 1. The van der Waals surface area contributed by atoms with Crippen LogP contribution in [0.25, 0.3) is 0 Å². The lowest BCUT2D eigenvalue weighted by atomic mass is 9.87. The molecule has 2 atom stereocenters. The van der Waals surface area contributed by atoms with Crippen molar-refractivity contribution in [3.8, 4) is 46.0 Å². The topological polar surface area (TPSA) is 36.9 Å². The van der Waals surface area contributed by atoms with Crippen LogP contribution in [-0.2, 0) is 81.5 Å². The Bertz CT molecular complexity index is 6150. The van der Waals surface area contributed by atoms with Gasteiger partial charge < -0.3 is 18.9 Å². The van der Waals surface area contributed by atoms with E-state index in [1.54, 1.807) is 0 Å². The van der Waals surface area contributed by atoms with Crippen LogP contribution in [0.4, 0.5) is 0 Å². The predicted molar refractivity (Wildman–Crippen MR) is 568 cm³/mol. The molecular formula is C125H134O4S4+4. The molecule has 0 fully saturated rings. The smallest absolute Gasteiger partial charge is 0.166 e. The first kappa shape index (κ1) is 98.6. The third-order valence-electron chi connectivity index (χ3n) is 23.1. The number of hydrogen-bond donors (Lipinski definition) is 0. The maximum absolute atomic E-state index is 6.20. The second-order valence-electron chi connectivity index (χ2n) is 41.0. The molecule has 16 aromatic carbocycles. The Balaban J connectivity index is 0.000000151. The number of hydrogen-bond acceptors (Lipinski definition) is 4. The zero-order valence-electron chi connectivity index (χ0n) is 82.0. The zero-order chi connectivity index (χ0) is 94.9. The Labute approximate surface area is 808 Å². The molecule has 0 amide bonds. The summed E-state index contributed by atoms with van der Waals surface area (Å²) in [6.07, 6.45) is 0. The van der Waals surface area contributed by atoms with Gasteiger partial charge in [0.2, 0.25) is 0 Å². The molecule has 2 unspecified atom stereocenters. The molecular weight excluding hydrogens is 1690 g/mol. The normalized spacial score (nSPS) is 12.4. The Morgan fingerprint density at radius 2 is 0.241 bits per heavy atom. The fourth-order valence-corrected chi connectivity index (χ4v) is 23.2. The molecule has 0 aliphatic heterocycles. The third-order valence-corrected chi connectivity index (χ3v) is 32.0. The van der Waals surface area contributed by atoms with E-state index in [0.29, 0.717) is 0 Å². The Morgan fingerprint density at radius 3 is 0.398 bits per heavy atom. The highest BCUT2D eigenvalue weighted by Gasteiger charge is 2.35. The molecule has 0 aliphatic carbocycles. The van der Waals surface area contributed by atoms with Gasteiger partial charge in [0.25, 0.3) is 0 Å². The number of benzene rings is 16. The summed E-state index contributed by atoms with van der Waals surface area (Å²) in [6, 6.07) is 147. The molecule has 678 valence electrons. The standard InChI is InChI=1S/C36H43OS.C32H35OS.C29H29OS.C28H27OS/c1-34(2,3)26-10-16-29(17-11-26)37-30-18-24-33(25-19-30)38(31-20-12-27(13-21-31)35(4,5)6)32-22-14-28(15-23-32)36(7,8)9;1-31(2,3)24-12-18-28(19-13-24)34(29-20-14-25(15-21-29)32(4,5)6)30-22-16-27(17-23-30)33-26-10-8-7-9-11-26;1-22-10-14-24(15-11-22)30-25-16-20-28(21-17-25)31(26-8-6-5-7-9-26)27-18-12-23(13-19-27)29(2,3)4;1-28(2,3)22-14-18-26(19-15-22)30(25-12-8-5-9-13-25)27-20-16-24(17-21-27)29-23-10-6-4-7-11-23/h10-25H,1-9H3;7-23H,1-6H3;5-21H,1-4H3;4-21H,1-3H3/q4*+1. The van der Waals surface area contributed by atoms with Crippen molar-refractivity contribution in [2.75, 3.05) is 0 Å². The lowest BCUT2D eigenvalue weighted by Crippen LogP contribution is -2.13. The van der Waals surface area contributed by atoms with E-state index in [-0.39, 0.29) is 81.5 Å². The van der Waals surface area contributed by atoms with Crippen LogP contribution in [-0.4, -0.2) is 0 Å². The summed E-state index contributed by atoms with van der Waals surface area (Å²) >= 11 is 0. The van der Waals surface area contributed by atoms with E-state index >= 15 is 0 Å². The van der Waals surface area contributed by atoms with Gasteiger partial charge in [0.1, 0.15) is 46.0 Å². The van der Waals surface area contributed by atoms with Crippen LogP contribution < -0.4 is 18.9 Å². The van der Waals surface area contributed by atoms with Crippen LogP contribution in [0.1, 0.15) is 190 Å². The van der Waals surface area contributed by atoms with E-state index < -0.39 is 0 Å². The summed E-state index contributed by atoms with van der Waals surface area (Å²) in [7, 11) is -0.726. The molecule has 0 radical (unpaired) electrons. The Morgan fingerprint density at radius 1 is 0.128 bits per heavy atom. The average Bonchev–Trinajstić information content (AvgIpc) is 0.806. The molecule has 0 bridgehead atoms. The fourth-order valence-electron chi connectivity index (χ4n) is 15.0. The first-order valence-electron chi connectivity index (χ1n) is 46.3. The van der Waals surface area contributed by atoms with Gasteiger partial charge in [-0.3, -0.25) is 0 Å². The molecule has 0 saturated heterocycles. The van der Waals surface area contributed by atoms with Gasteiger partial charge in [-0.05, 0) is 326 Å². The fraction of sp³-hybridized carbons (Fsp3) is 0.232.